The first-order valence-electron chi connectivity index (χ1n) is 5.37. The van der Waals surface area contributed by atoms with E-state index >= 15 is 0 Å². The van der Waals surface area contributed by atoms with Crippen LogP contribution in [0.25, 0.3) is 0 Å². The van der Waals surface area contributed by atoms with Crippen LogP contribution in [0.3, 0.4) is 0 Å². The number of rotatable bonds is 5. The van der Waals surface area contributed by atoms with Gasteiger partial charge in [-0.25, -0.2) is 13.4 Å². The normalized spacial score (nSPS) is 11.4. The summed E-state index contributed by atoms with van der Waals surface area (Å²) in [5, 5.41) is 0.103. The van der Waals surface area contributed by atoms with Crippen LogP contribution in [0, 0.1) is 0 Å². The molecule has 1 aromatic carbocycles. The summed E-state index contributed by atoms with van der Waals surface area (Å²) in [5.41, 5.74) is 0.859. The smallest absolute Gasteiger partial charge is 0.262 e. The number of halogens is 1. The minimum atomic E-state index is -3.75. The minimum Gasteiger partial charge on any atom is -0.282 e. The summed E-state index contributed by atoms with van der Waals surface area (Å²) >= 11 is 5.64. The van der Waals surface area contributed by atoms with E-state index < -0.39 is 10.0 Å². The Morgan fingerprint density at radius 2 is 1.95 bits per heavy atom. The van der Waals surface area contributed by atoms with Crippen LogP contribution in [0.2, 0.25) is 5.15 Å². The highest BCUT2D eigenvalue weighted by Crippen LogP contribution is 2.12. The van der Waals surface area contributed by atoms with Gasteiger partial charge in [-0.15, -0.1) is 0 Å². The summed E-state index contributed by atoms with van der Waals surface area (Å²) < 4.78 is 23.7. The lowest BCUT2D eigenvalue weighted by Gasteiger charge is -2.07. The van der Waals surface area contributed by atoms with Gasteiger partial charge in [0.15, 0.2) is 0 Å². The molecular formula is C12H11ClN2O3S. The molecule has 0 spiro atoms. The molecule has 0 radical (unpaired) electrons. The third-order valence-electron chi connectivity index (χ3n) is 2.26. The van der Waals surface area contributed by atoms with E-state index in [2.05, 4.69) is 4.98 Å². The van der Waals surface area contributed by atoms with E-state index in [1.54, 1.807) is 0 Å². The largest absolute Gasteiger partial charge is 0.282 e. The van der Waals surface area contributed by atoms with Gasteiger partial charge in [0.05, 0.1) is 11.5 Å². The molecule has 0 saturated carbocycles. The second-order valence-electron chi connectivity index (χ2n) is 3.68. The maximum absolute atomic E-state index is 11.9. The highest BCUT2D eigenvalue weighted by atomic mass is 35.5. The first-order chi connectivity index (χ1) is 9.08. The van der Waals surface area contributed by atoms with Crippen LogP contribution >= 0.6 is 11.6 Å². The predicted molar refractivity (Wildman–Crippen MR) is 70.8 cm³/mol. The monoisotopic (exact) mass is 298 g/mol. The van der Waals surface area contributed by atoms with Crippen molar-refractivity contribution in [3.05, 3.63) is 59.4 Å². The van der Waals surface area contributed by atoms with Gasteiger partial charge >= 0.3 is 0 Å². The van der Waals surface area contributed by atoms with Crippen molar-refractivity contribution in [2.24, 2.45) is 0 Å². The minimum absolute atomic E-state index is 0.000520. The molecule has 0 saturated heterocycles. The molecule has 0 aliphatic rings. The molecule has 2 aromatic rings. The summed E-state index contributed by atoms with van der Waals surface area (Å²) in [6.45, 7) is 0.138. The average Bonchev–Trinajstić information content (AvgIpc) is 2.40. The van der Waals surface area contributed by atoms with E-state index in [9.17, 15) is 8.42 Å². The van der Waals surface area contributed by atoms with Crippen molar-refractivity contribution in [1.82, 2.24) is 9.87 Å². The maximum Gasteiger partial charge on any atom is 0.262 e. The van der Waals surface area contributed by atoms with Crippen LogP contribution in [0.5, 0.6) is 0 Å². The lowest BCUT2D eigenvalue weighted by atomic mass is 10.2. The number of nitrogens with zero attached hydrogens (tertiary/aromatic N) is 1. The molecule has 0 aliphatic heterocycles. The molecule has 0 bridgehead atoms. The van der Waals surface area contributed by atoms with Crippen LogP contribution in [0.4, 0.5) is 0 Å². The molecule has 0 amide bonds. The Morgan fingerprint density at radius 3 is 2.63 bits per heavy atom. The Morgan fingerprint density at radius 1 is 1.21 bits per heavy atom. The Labute approximate surface area is 116 Å². The van der Waals surface area contributed by atoms with Crippen LogP contribution < -0.4 is 4.89 Å². The average molecular weight is 299 g/mol. The molecule has 19 heavy (non-hydrogen) atoms. The van der Waals surface area contributed by atoms with E-state index in [0.717, 1.165) is 5.56 Å². The van der Waals surface area contributed by atoms with Crippen molar-refractivity contribution >= 4 is 21.6 Å². The third-order valence-corrected chi connectivity index (χ3v) is 3.68. The number of aromatic nitrogens is 1. The van der Waals surface area contributed by atoms with Gasteiger partial charge in [-0.1, -0.05) is 46.8 Å². The Hall–Kier alpha value is -1.47. The van der Waals surface area contributed by atoms with Crippen molar-refractivity contribution < 1.29 is 13.3 Å². The Balaban J connectivity index is 1.99. The number of nitrogens with one attached hydrogen (secondary N) is 1. The highest BCUT2D eigenvalue weighted by molar-refractivity contribution is 7.89. The summed E-state index contributed by atoms with van der Waals surface area (Å²) in [7, 11) is -3.75. The van der Waals surface area contributed by atoms with Crippen molar-refractivity contribution in [2.75, 3.05) is 0 Å². The van der Waals surface area contributed by atoms with Crippen molar-refractivity contribution in [3.63, 3.8) is 0 Å². The fourth-order valence-corrected chi connectivity index (χ4v) is 2.42. The van der Waals surface area contributed by atoms with Crippen LogP contribution in [-0.4, -0.2) is 13.4 Å². The molecule has 0 aliphatic carbocycles. The molecule has 0 unspecified atom stereocenters. The SMILES string of the molecule is O=S(=O)(NOCc1ccccc1)c1ccnc(Cl)c1. The summed E-state index contributed by atoms with van der Waals surface area (Å²) in [4.78, 5) is 10.7. The van der Waals surface area contributed by atoms with Gasteiger partial charge in [0, 0.05) is 6.20 Å². The van der Waals surface area contributed by atoms with Gasteiger partial charge in [-0.05, 0) is 17.7 Å². The van der Waals surface area contributed by atoms with Gasteiger partial charge in [-0.3, -0.25) is 4.84 Å². The number of sulfonamides is 1. The molecule has 0 fully saturated rings. The highest BCUT2D eigenvalue weighted by Gasteiger charge is 2.14. The van der Waals surface area contributed by atoms with E-state index in [1.807, 2.05) is 35.2 Å². The summed E-state index contributed by atoms with van der Waals surface area (Å²) in [6.07, 6.45) is 1.31. The van der Waals surface area contributed by atoms with E-state index in [-0.39, 0.29) is 16.7 Å². The van der Waals surface area contributed by atoms with Gasteiger partial charge in [0.2, 0.25) is 0 Å². The second-order valence-corrected chi connectivity index (χ2v) is 5.71. The second kappa shape index (κ2) is 6.12. The fraction of sp³-hybridized carbons (Fsp3) is 0.0833. The predicted octanol–water partition coefficient (Wildman–Crippen LogP) is 2.15. The number of benzene rings is 1. The first kappa shape index (κ1) is 14.0. The van der Waals surface area contributed by atoms with Gasteiger partial charge in [0.1, 0.15) is 5.15 Å². The lowest BCUT2D eigenvalue weighted by molar-refractivity contribution is 0.0795. The third kappa shape index (κ3) is 4.00. The van der Waals surface area contributed by atoms with Crippen molar-refractivity contribution in [1.29, 1.82) is 0 Å². The number of hydrogen-bond acceptors (Lipinski definition) is 4. The van der Waals surface area contributed by atoms with Crippen molar-refractivity contribution in [2.45, 2.75) is 11.5 Å². The fourth-order valence-electron chi connectivity index (χ4n) is 1.36. The number of hydrogen-bond donors (Lipinski definition) is 1. The zero-order valence-electron chi connectivity index (χ0n) is 9.78. The summed E-state index contributed by atoms with van der Waals surface area (Å²) in [6, 6.07) is 11.8. The topological polar surface area (TPSA) is 68.3 Å². The first-order valence-corrected chi connectivity index (χ1v) is 7.23. The molecule has 2 rings (SSSR count). The molecule has 1 heterocycles. The van der Waals surface area contributed by atoms with Gasteiger partial charge in [0.25, 0.3) is 10.0 Å². The van der Waals surface area contributed by atoms with E-state index in [1.165, 1.54) is 18.3 Å². The van der Waals surface area contributed by atoms with Crippen LogP contribution in [0.15, 0.2) is 53.6 Å². The zero-order chi connectivity index (χ0) is 13.7. The molecule has 5 nitrogen and oxygen atoms in total. The molecule has 100 valence electrons. The van der Waals surface area contributed by atoms with Crippen LogP contribution in [0.1, 0.15) is 5.56 Å². The molecule has 1 N–H and O–H groups in total. The molecular weight excluding hydrogens is 288 g/mol. The van der Waals surface area contributed by atoms with E-state index in [0.29, 0.717) is 0 Å². The maximum atomic E-state index is 11.9. The molecule has 0 atom stereocenters. The lowest BCUT2D eigenvalue weighted by Crippen LogP contribution is -2.24. The quantitative estimate of drug-likeness (QED) is 0.678. The molecule has 1 aromatic heterocycles. The van der Waals surface area contributed by atoms with E-state index in [4.69, 9.17) is 16.4 Å². The summed E-state index contributed by atoms with van der Waals surface area (Å²) in [5.74, 6) is 0. The number of pyridine rings is 1. The Bertz CT molecular complexity index is 647. The Kier molecular flexibility index (Phi) is 4.49. The standard InChI is InChI=1S/C12H11ClN2O3S/c13-12-8-11(6-7-14-12)19(16,17)15-18-9-10-4-2-1-3-5-10/h1-8,15H,9H2. The van der Waals surface area contributed by atoms with Crippen molar-refractivity contribution in [3.8, 4) is 0 Å². The van der Waals surface area contributed by atoms with Crippen LogP contribution in [-0.2, 0) is 21.5 Å². The van der Waals surface area contributed by atoms with Gasteiger partial charge < -0.3 is 0 Å². The van der Waals surface area contributed by atoms with Gasteiger partial charge in [-0.2, -0.15) is 0 Å². The molecule has 7 heteroatoms. The zero-order valence-corrected chi connectivity index (χ0v) is 11.4.